The highest BCUT2D eigenvalue weighted by atomic mass is 19.1. The summed E-state index contributed by atoms with van der Waals surface area (Å²) in [5.74, 6) is -1.95. The van der Waals surface area contributed by atoms with E-state index >= 15 is 0 Å². The van der Waals surface area contributed by atoms with E-state index in [9.17, 15) is 18.4 Å². The number of anilines is 2. The van der Waals surface area contributed by atoms with E-state index in [0.29, 0.717) is 23.9 Å². The molecule has 1 aliphatic rings. The number of hydrogen-bond donors (Lipinski definition) is 5. The minimum atomic E-state index is -0.872. The van der Waals surface area contributed by atoms with Gasteiger partial charge in [0.1, 0.15) is 11.6 Å². The first-order chi connectivity index (χ1) is 16.9. The van der Waals surface area contributed by atoms with Gasteiger partial charge in [-0.25, -0.2) is 23.5 Å². The van der Waals surface area contributed by atoms with Crippen molar-refractivity contribution in [1.29, 1.82) is 0 Å². The minimum Gasteiger partial charge on any atom is -0.382 e. The van der Waals surface area contributed by atoms with Crippen molar-refractivity contribution in [2.75, 3.05) is 24.1 Å². The van der Waals surface area contributed by atoms with Gasteiger partial charge in [-0.15, -0.1) is 0 Å². The van der Waals surface area contributed by atoms with E-state index in [1.54, 1.807) is 24.3 Å². The predicted molar refractivity (Wildman–Crippen MR) is 127 cm³/mol. The second kappa shape index (κ2) is 10.9. The van der Waals surface area contributed by atoms with E-state index in [1.165, 1.54) is 6.20 Å². The Morgan fingerprint density at radius 3 is 2.80 bits per heavy atom. The highest BCUT2D eigenvalue weighted by molar-refractivity contribution is 5.97. The zero-order valence-electron chi connectivity index (χ0n) is 18.8. The van der Waals surface area contributed by atoms with E-state index in [4.69, 9.17) is 5.73 Å². The van der Waals surface area contributed by atoms with Crippen molar-refractivity contribution in [3.8, 4) is 11.3 Å². The third kappa shape index (κ3) is 6.27. The number of rotatable bonds is 6. The molecule has 1 aliphatic heterocycles. The number of piperidine rings is 1. The van der Waals surface area contributed by atoms with Crippen molar-refractivity contribution in [1.82, 2.24) is 25.9 Å². The summed E-state index contributed by atoms with van der Waals surface area (Å²) in [6, 6.07) is 9.38. The fourth-order valence-electron chi connectivity index (χ4n) is 3.71. The third-order valence-electron chi connectivity index (χ3n) is 5.50. The molecule has 0 saturated carbocycles. The molecule has 182 valence electrons. The smallest absolute Gasteiger partial charge is 0.319 e. The molecule has 3 amide bonds. The largest absolute Gasteiger partial charge is 0.382 e. The molecule has 2 aromatic carbocycles. The van der Waals surface area contributed by atoms with Gasteiger partial charge in [-0.05, 0) is 43.1 Å². The van der Waals surface area contributed by atoms with E-state index < -0.39 is 17.7 Å². The van der Waals surface area contributed by atoms with Crippen LogP contribution in [0, 0.1) is 11.6 Å². The zero-order valence-corrected chi connectivity index (χ0v) is 18.8. The molecule has 2 heterocycles. The van der Waals surface area contributed by atoms with Gasteiger partial charge in [0.25, 0.3) is 5.91 Å². The zero-order chi connectivity index (χ0) is 24.8. The normalized spacial score (nSPS) is 15.3. The Morgan fingerprint density at radius 2 is 2.03 bits per heavy atom. The maximum atomic E-state index is 13.7. The SMILES string of the molecule is Nc1ncc(-c2cccc(CNC(=O)Nc3ccc(F)cc3F)c2)nc1C(=O)NC1CCCNC1. The first kappa shape index (κ1) is 24.0. The second-order valence-electron chi connectivity index (χ2n) is 8.14. The molecule has 0 radical (unpaired) electrons. The Kier molecular flexibility index (Phi) is 7.46. The molecule has 35 heavy (non-hydrogen) atoms. The van der Waals surface area contributed by atoms with Crippen LogP contribution in [0.2, 0.25) is 0 Å². The third-order valence-corrected chi connectivity index (χ3v) is 5.50. The minimum absolute atomic E-state index is 0.00467. The van der Waals surface area contributed by atoms with Crippen LogP contribution in [0.5, 0.6) is 0 Å². The standard InChI is InChI=1S/C24H25F2N7O2/c25-16-6-7-19(18(26)10-16)33-24(35)30-11-14-3-1-4-15(9-14)20-13-29-22(27)21(32-20)23(34)31-17-5-2-8-28-12-17/h1,3-4,6-7,9-10,13,17,28H,2,5,8,11-12H2,(H2,27,29)(H,31,34)(H2,30,33,35). The van der Waals surface area contributed by atoms with Gasteiger partial charge in [-0.2, -0.15) is 0 Å². The second-order valence-corrected chi connectivity index (χ2v) is 8.14. The number of carbonyl (C=O) groups is 2. The van der Waals surface area contributed by atoms with Crippen molar-refractivity contribution in [2.45, 2.75) is 25.4 Å². The van der Waals surface area contributed by atoms with Crippen LogP contribution in [0.15, 0.2) is 48.7 Å². The van der Waals surface area contributed by atoms with Crippen LogP contribution in [0.3, 0.4) is 0 Å². The summed E-state index contributed by atoms with van der Waals surface area (Å²) < 4.78 is 26.7. The van der Waals surface area contributed by atoms with Crippen molar-refractivity contribution in [2.24, 2.45) is 0 Å². The number of amides is 3. The molecule has 1 aromatic heterocycles. The Morgan fingerprint density at radius 1 is 1.17 bits per heavy atom. The summed E-state index contributed by atoms with van der Waals surface area (Å²) in [4.78, 5) is 33.4. The van der Waals surface area contributed by atoms with E-state index in [2.05, 4.69) is 31.2 Å². The highest BCUT2D eigenvalue weighted by Crippen LogP contribution is 2.20. The van der Waals surface area contributed by atoms with Gasteiger partial charge in [0.15, 0.2) is 11.5 Å². The van der Waals surface area contributed by atoms with Crippen LogP contribution in [0.4, 0.5) is 25.1 Å². The summed E-state index contributed by atoms with van der Waals surface area (Å²) in [5.41, 5.74) is 7.69. The molecule has 3 aromatic rings. The summed E-state index contributed by atoms with van der Waals surface area (Å²) in [6.07, 6.45) is 3.33. The molecular weight excluding hydrogens is 456 g/mol. The topological polar surface area (TPSA) is 134 Å². The molecule has 6 N–H and O–H groups in total. The van der Waals surface area contributed by atoms with Crippen LogP contribution in [-0.2, 0) is 6.54 Å². The fraction of sp³-hybridized carbons (Fsp3) is 0.250. The molecule has 0 aliphatic carbocycles. The molecule has 0 bridgehead atoms. The first-order valence-corrected chi connectivity index (χ1v) is 11.1. The molecule has 1 saturated heterocycles. The van der Waals surface area contributed by atoms with Crippen LogP contribution in [0.1, 0.15) is 28.9 Å². The van der Waals surface area contributed by atoms with E-state index in [-0.39, 0.29) is 35.7 Å². The monoisotopic (exact) mass is 481 g/mol. The summed E-state index contributed by atoms with van der Waals surface area (Å²) in [6.45, 7) is 1.75. The predicted octanol–water partition coefficient (Wildman–Crippen LogP) is 2.81. The average molecular weight is 482 g/mol. The fourth-order valence-corrected chi connectivity index (χ4v) is 3.71. The number of nitrogen functional groups attached to an aromatic ring is 1. The quantitative estimate of drug-likeness (QED) is 0.368. The molecule has 0 spiro atoms. The Hall–Kier alpha value is -4.12. The molecular formula is C24H25F2N7O2. The lowest BCUT2D eigenvalue weighted by Gasteiger charge is -2.23. The van der Waals surface area contributed by atoms with Gasteiger partial charge in [0, 0.05) is 30.8 Å². The van der Waals surface area contributed by atoms with Gasteiger partial charge in [0.2, 0.25) is 0 Å². The van der Waals surface area contributed by atoms with Gasteiger partial charge < -0.3 is 27.0 Å². The van der Waals surface area contributed by atoms with Gasteiger partial charge >= 0.3 is 6.03 Å². The lowest BCUT2D eigenvalue weighted by atomic mass is 10.1. The lowest BCUT2D eigenvalue weighted by molar-refractivity contribution is 0.0926. The van der Waals surface area contributed by atoms with E-state index in [1.807, 2.05) is 0 Å². The van der Waals surface area contributed by atoms with Crippen molar-refractivity contribution in [3.63, 3.8) is 0 Å². The number of nitrogens with zero attached hydrogens (tertiary/aromatic N) is 2. The Balaban J connectivity index is 1.42. The Bertz CT molecular complexity index is 1230. The lowest BCUT2D eigenvalue weighted by Crippen LogP contribution is -2.46. The first-order valence-electron chi connectivity index (χ1n) is 11.1. The maximum absolute atomic E-state index is 13.7. The number of nitrogens with two attached hydrogens (primary N) is 1. The molecule has 1 fully saturated rings. The number of nitrogens with one attached hydrogen (secondary N) is 4. The number of carbonyl (C=O) groups excluding carboxylic acids is 2. The number of benzene rings is 2. The number of hydrogen-bond acceptors (Lipinski definition) is 6. The Labute approximate surface area is 200 Å². The molecule has 11 heteroatoms. The summed E-state index contributed by atoms with van der Waals surface area (Å²) in [5, 5.41) is 11.1. The number of urea groups is 1. The highest BCUT2D eigenvalue weighted by Gasteiger charge is 2.20. The van der Waals surface area contributed by atoms with Crippen LogP contribution >= 0.6 is 0 Å². The van der Waals surface area contributed by atoms with Crippen molar-refractivity contribution >= 4 is 23.4 Å². The van der Waals surface area contributed by atoms with Crippen LogP contribution in [-0.4, -0.2) is 41.0 Å². The number of aromatic nitrogens is 2. The number of halogens is 2. The average Bonchev–Trinajstić information content (AvgIpc) is 2.85. The molecule has 4 rings (SSSR count). The van der Waals surface area contributed by atoms with E-state index in [0.717, 1.165) is 37.1 Å². The van der Waals surface area contributed by atoms with Gasteiger partial charge in [0.05, 0.1) is 17.6 Å². The molecule has 9 nitrogen and oxygen atoms in total. The maximum Gasteiger partial charge on any atom is 0.319 e. The van der Waals surface area contributed by atoms with Gasteiger partial charge in [-0.3, -0.25) is 4.79 Å². The summed E-state index contributed by atoms with van der Waals surface area (Å²) in [7, 11) is 0. The molecule has 1 unspecified atom stereocenters. The summed E-state index contributed by atoms with van der Waals surface area (Å²) >= 11 is 0. The van der Waals surface area contributed by atoms with Crippen LogP contribution in [0.25, 0.3) is 11.3 Å². The van der Waals surface area contributed by atoms with Gasteiger partial charge in [-0.1, -0.05) is 18.2 Å². The van der Waals surface area contributed by atoms with Crippen LogP contribution < -0.4 is 27.0 Å². The molecule has 1 atom stereocenters. The van der Waals surface area contributed by atoms with Crippen molar-refractivity contribution in [3.05, 3.63) is 71.6 Å². The van der Waals surface area contributed by atoms with Crippen molar-refractivity contribution < 1.29 is 18.4 Å².